The Hall–Kier alpha value is -3.78. The van der Waals surface area contributed by atoms with Crippen LogP contribution < -0.4 is 5.32 Å². The fourth-order valence-corrected chi connectivity index (χ4v) is 5.20. The molecule has 1 atom stereocenters. The summed E-state index contributed by atoms with van der Waals surface area (Å²) in [6.07, 6.45) is 4.67. The van der Waals surface area contributed by atoms with E-state index in [-0.39, 0.29) is 17.6 Å². The maximum absolute atomic E-state index is 13.7. The first kappa shape index (κ1) is 24.9. The number of nitrogens with zero attached hydrogens (tertiary/aromatic N) is 5. The van der Waals surface area contributed by atoms with Crippen LogP contribution in [0.1, 0.15) is 44.1 Å². The lowest BCUT2D eigenvalue weighted by Gasteiger charge is -2.27. The number of hydrogen-bond acceptors (Lipinski definition) is 6. The first-order valence-corrected chi connectivity index (χ1v) is 13.0. The second-order valence-corrected chi connectivity index (χ2v) is 9.50. The predicted octanol–water partition coefficient (Wildman–Crippen LogP) is 5.68. The second-order valence-electron chi connectivity index (χ2n) is 9.50. The maximum atomic E-state index is 13.7. The van der Waals surface area contributed by atoms with Crippen LogP contribution in [0.4, 0.5) is 10.3 Å². The van der Waals surface area contributed by atoms with E-state index in [1.54, 1.807) is 24.4 Å². The molecule has 2 aromatic heterocycles. The molecule has 0 saturated carbocycles. The van der Waals surface area contributed by atoms with E-state index in [0.29, 0.717) is 5.95 Å². The molecule has 2 N–H and O–H groups in total. The van der Waals surface area contributed by atoms with Crippen molar-refractivity contribution in [3.8, 4) is 28.4 Å². The van der Waals surface area contributed by atoms with Crippen LogP contribution in [0.25, 0.3) is 22.6 Å². The number of nitrogens with one attached hydrogen (secondary N) is 1. The number of fused-ring (bicyclic) bond motifs is 1. The minimum Gasteiger partial charge on any atom is -0.508 e. The number of benzene rings is 2. The molecule has 1 aliphatic heterocycles. The van der Waals surface area contributed by atoms with Crippen molar-refractivity contribution in [3.63, 3.8) is 0 Å². The Balaban J connectivity index is 1.54. The Kier molecular flexibility index (Phi) is 7.46. The fraction of sp³-hybridized carbons (Fsp3) is 0.345. The first-order valence-electron chi connectivity index (χ1n) is 13.0. The number of anilines is 1. The molecule has 192 valence electrons. The molecule has 37 heavy (non-hydrogen) atoms. The van der Waals surface area contributed by atoms with Crippen molar-refractivity contribution in [2.45, 2.75) is 45.7 Å². The van der Waals surface area contributed by atoms with Crippen molar-refractivity contribution in [1.82, 2.24) is 24.4 Å². The molecule has 0 radical (unpaired) electrons. The Morgan fingerprint density at radius 2 is 1.95 bits per heavy atom. The zero-order valence-electron chi connectivity index (χ0n) is 21.4. The maximum Gasteiger partial charge on any atom is 0.223 e. The summed E-state index contributed by atoms with van der Waals surface area (Å²) in [5.74, 6) is 1.62. The standard InChI is InChI=1S/C29H33FN6O/c1-3-16-35(18-20-6-5-7-24(37)17-20)19-23-12-13-26-34-27(21-8-10-22(30)11-9-21)28(36(23)26)25-14-15-32-29(33-25)31-4-2/h5-11,14-15,17,23,37H,3-4,12-13,16,18-19H2,1-2H3,(H,31,32,33). The van der Waals surface area contributed by atoms with E-state index in [1.807, 2.05) is 25.1 Å². The topological polar surface area (TPSA) is 79.1 Å². The van der Waals surface area contributed by atoms with E-state index in [0.717, 1.165) is 79.5 Å². The van der Waals surface area contributed by atoms with Gasteiger partial charge in [-0.25, -0.2) is 19.3 Å². The number of phenolic OH excluding ortho intramolecular Hbond substituents is 1. The number of aryl methyl sites for hydroxylation is 1. The third-order valence-electron chi connectivity index (χ3n) is 6.73. The summed E-state index contributed by atoms with van der Waals surface area (Å²) >= 11 is 0. The van der Waals surface area contributed by atoms with Gasteiger partial charge in [-0.15, -0.1) is 0 Å². The number of aromatic nitrogens is 4. The van der Waals surface area contributed by atoms with Crippen molar-refractivity contribution in [3.05, 3.63) is 78.0 Å². The Labute approximate surface area is 217 Å². The molecule has 3 heterocycles. The van der Waals surface area contributed by atoms with E-state index in [4.69, 9.17) is 9.97 Å². The van der Waals surface area contributed by atoms with Crippen molar-refractivity contribution in [2.75, 3.05) is 25.0 Å². The van der Waals surface area contributed by atoms with Gasteiger partial charge in [0, 0.05) is 43.9 Å². The summed E-state index contributed by atoms with van der Waals surface area (Å²) in [7, 11) is 0. The van der Waals surface area contributed by atoms with Gasteiger partial charge in [0.05, 0.1) is 17.1 Å². The lowest BCUT2D eigenvalue weighted by atomic mass is 10.1. The van der Waals surface area contributed by atoms with Gasteiger partial charge in [-0.2, -0.15) is 0 Å². The molecule has 1 aliphatic rings. The van der Waals surface area contributed by atoms with Crippen LogP contribution in [0, 0.1) is 5.82 Å². The smallest absolute Gasteiger partial charge is 0.223 e. The van der Waals surface area contributed by atoms with Crippen LogP contribution in [-0.2, 0) is 13.0 Å². The van der Waals surface area contributed by atoms with Crippen LogP contribution in [0.5, 0.6) is 5.75 Å². The van der Waals surface area contributed by atoms with Crippen molar-refractivity contribution in [2.24, 2.45) is 0 Å². The summed E-state index contributed by atoms with van der Waals surface area (Å²) < 4.78 is 16.1. The molecular weight excluding hydrogens is 467 g/mol. The van der Waals surface area contributed by atoms with E-state index in [2.05, 4.69) is 32.8 Å². The lowest BCUT2D eigenvalue weighted by molar-refractivity contribution is 0.227. The van der Waals surface area contributed by atoms with Gasteiger partial charge in [0.1, 0.15) is 17.4 Å². The van der Waals surface area contributed by atoms with Gasteiger partial charge in [-0.3, -0.25) is 4.90 Å². The number of imidazole rings is 1. The predicted molar refractivity (Wildman–Crippen MR) is 144 cm³/mol. The number of aromatic hydroxyl groups is 1. The second kappa shape index (κ2) is 11.1. The summed E-state index contributed by atoms with van der Waals surface area (Å²) in [5.41, 5.74) is 4.52. The van der Waals surface area contributed by atoms with E-state index in [1.165, 1.54) is 12.1 Å². The van der Waals surface area contributed by atoms with Crippen molar-refractivity contribution in [1.29, 1.82) is 0 Å². The zero-order valence-corrected chi connectivity index (χ0v) is 21.4. The highest BCUT2D eigenvalue weighted by atomic mass is 19.1. The molecule has 0 fully saturated rings. The Morgan fingerprint density at radius 1 is 1.11 bits per heavy atom. The van der Waals surface area contributed by atoms with Crippen LogP contribution >= 0.6 is 0 Å². The summed E-state index contributed by atoms with van der Waals surface area (Å²) in [6, 6.07) is 16.1. The van der Waals surface area contributed by atoms with Gasteiger partial charge < -0.3 is 15.0 Å². The summed E-state index contributed by atoms with van der Waals surface area (Å²) in [5, 5.41) is 13.2. The first-order chi connectivity index (χ1) is 18.1. The summed E-state index contributed by atoms with van der Waals surface area (Å²) in [4.78, 5) is 16.7. The molecule has 0 saturated heterocycles. The third-order valence-corrected chi connectivity index (χ3v) is 6.73. The number of phenols is 1. The number of halogens is 1. The SMILES string of the molecule is CCCN(Cc1cccc(O)c1)CC1CCc2nc(-c3ccc(F)cc3)c(-c3ccnc(NCC)n3)n21. The highest BCUT2D eigenvalue weighted by Gasteiger charge is 2.32. The summed E-state index contributed by atoms with van der Waals surface area (Å²) in [6.45, 7) is 7.50. The fourth-order valence-electron chi connectivity index (χ4n) is 5.20. The number of hydrogen-bond donors (Lipinski definition) is 2. The molecule has 2 aromatic carbocycles. The highest BCUT2D eigenvalue weighted by Crippen LogP contribution is 2.39. The molecule has 7 nitrogen and oxygen atoms in total. The van der Waals surface area contributed by atoms with Crippen LogP contribution in [-0.4, -0.2) is 49.2 Å². The molecule has 0 spiro atoms. The quantitative estimate of drug-likeness (QED) is 0.292. The molecule has 4 aromatic rings. The average molecular weight is 501 g/mol. The lowest BCUT2D eigenvalue weighted by Crippen LogP contribution is -2.30. The van der Waals surface area contributed by atoms with Gasteiger partial charge in [0.15, 0.2) is 0 Å². The number of rotatable bonds is 10. The largest absolute Gasteiger partial charge is 0.508 e. The van der Waals surface area contributed by atoms with Gasteiger partial charge in [0.2, 0.25) is 5.95 Å². The van der Waals surface area contributed by atoms with Gasteiger partial charge >= 0.3 is 0 Å². The van der Waals surface area contributed by atoms with Gasteiger partial charge in [-0.1, -0.05) is 19.1 Å². The van der Waals surface area contributed by atoms with Gasteiger partial charge in [0.25, 0.3) is 0 Å². The van der Waals surface area contributed by atoms with Crippen LogP contribution in [0.15, 0.2) is 60.8 Å². The van der Waals surface area contributed by atoms with E-state index < -0.39 is 0 Å². The minimum absolute atomic E-state index is 0.216. The molecule has 5 rings (SSSR count). The van der Waals surface area contributed by atoms with Gasteiger partial charge in [-0.05, 0) is 74.3 Å². The normalized spacial score (nSPS) is 14.8. The average Bonchev–Trinajstić information content (AvgIpc) is 3.45. The minimum atomic E-state index is -0.270. The Morgan fingerprint density at radius 3 is 2.70 bits per heavy atom. The Bertz CT molecular complexity index is 1350. The molecule has 0 amide bonds. The van der Waals surface area contributed by atoms with Crippen molar-refractivity contribution < 1.29 is 9.50 Å². The third kappa shape index (κ3) is 5.49. The molecule has 0 aliphatic carbocycles. The highest BCUT2D eigenvalue weighted by molar-refractivity contribution is 5.78. The molecule has 1 unspecified atom stereocenters. The molecule has 8 heteroatoms. The monoisotopic (exact) mass is 500 g/mol. The van der Waals surface area contributed by atoms with E-state index in [9.17, 15) is 9.50 Å². The molecular formula is C29H33FN6O. The van der Waals surface area contributed by atoms with Crippen LogP contribution in [0.2, 0.25) is 0 Å². The van der Waals surface area contributed by atoms with Crippen molar-refractivity contribution >= 4 is 5.95 Å². The molecule has 0 bridgehead atoms. The zero-order chi connectivity index (χ0) is 25.8. The van der Waals surface area contributed by atoms with Crippen LogP contribution in [0.3, 0.4) is 0 Å². The van der Waals surface area contributed by atoms with E-state index >= 15 is 0 Å².